The second-order valence-corrected chi connectivity index (χ2v) is 5.43. The minimum atomic E-state index is -0.900. The quantitative estimate of drug-likeness (QED) is 0.796. The van der Waals surface area contributed by atoms with Gasteiger partial charge in [0.05, 0.1) is 17.6 Å². The topological polar surface area (TPSA) is 55.1 Å². The van der Waals surface area contributed by atoms with Crippen molar-refractivity contribution in [2.24, 2.45) is 0 Å². The van der Waals surface area contributed by atoms with E-state index >= 15 is 0 Å². The number of fused-ring (bicyclic) bond motifs is 1. The van der Waals surface area contributed by atoms with Gasteiger partial charge in [0.1, 0.15) is 5.56 Å². The Labute approximate surface area is 121 Å². The fraction of sp³-hybridized carbons (Fsp3) is 0.176. The first-order chi connectivity index (χ1) is 10.3. The molecule has 0 saturated heterocycles. The average Bonchev–Trinajstić information content (AvgIpc) is 3.25. The first-order valence-electron chi connectivity index (χ1n) is 7.05. The summed E-state index contributed by atoms with van der Waals surface area (Å²) in [5.74, 6) is -0.582. The van der Waals surface area contributed by atoms with E-state index in [9.17, 15) is 9.90 Å². The van der Waals surface area contributed by atoms with E-state index in [0.29, 0.717) is 11.5 Å². The summed E-state index contributed by atoms with van der Waals surface area (Å²) in [6.45, 7) is 0. The minimum Gasteiger partial charge on any atom is -0.478 e. The third-order valence-electron chi connectivity index (χ3n) is 4.00. The predicted octanol–water partition coefficient (Wildman–Crippen LogP) is 3.60. The van der Waals surface area contributed by atoms with Crippen LogP contribution in [0.5, 0.6) is 0 Å². The zero-order valence-electron chi connectivity index (χ0n) is 11.4. The summed E-state index contributed by atoms with van der Waals surface area (Å²) in [7, 11) is 0. The summed E-state index contributed by atoms with van der Waals surface area (Å²) < 4.78 is 1.81. The second-order valence-electron chi connectivity index (χ2n) is 5.43. The van der Waals surface area contributed by atoms with Gasteiger partial charge in [-0.25, -0.2) is 9.48 Å². The van der Waals surface area contributed by atoms with Crippen LogP contribution in [0, 0.1) is 0 Å². The van der Waals surface area contributed by atoms with Crippen LogP contribution in [0.4, 0.5) is 0 Å². The molecule has 0 radical (unpaired) electrons. The third kappa shape index (κ3) is 1.91. The van der Waals surface area contributed by atoms with Crippen LogP contribution in [0.2, 0.25) is 0 Å². The molecule has 1 aromatic heterocycles. The van der Waals surface area contributed by atoms with Gasteiger partial charge in [0, 0.05) is 11.3 Å². The van der Waals surface area contributed by atoms with Gasteiger partial charge in [-0.3, -0.25) is 0 Å². The number of hydrogen-bond donors (Lipinski definition) is 1. The Morgan fingerprint density at radius 1 is 1.14 bits per heavy atom. The summed E-state index contributed by atoms with van der Waals surface area (Å²) in [6, 6.07) is 14.1. The van der Waals surface area contributed by atoms with Crippen LogP contribution in [-0.2, 0) is 0 Å². The lowest BCUT2D eigenvalue weighted by Crippen LogP contribution is -2.06. The molecule has 0 aliphatic heterocycles. The SMILES string of the molecule is O=C(O)c1cnn(-c2cccc3ccccc23)c1C1CC1. The van der Waals surface area contributed by atoms with E-state index < -0.39 is 5.97 Å². The van der Waals surface area contributed by atoms with E-state index in [1.165, 1.54) is 6.20 Å². The van der Waals surface area contributed by atoms with Crippen LogP contribution in [0.3, 0.4) is 0 Å². The maximum absolute atomic E-state index is 11.4. The van der Waals surface area contributed by atoms with Gasteiger partial charge < -0.3 is 5.11 Å². The number of nitrogens with zero attached hydrogens (tertiary/aromatic N) is 2. The standard InChI is InChI=1S/C17H14N2O2/c20-17(21)14-10-18-19(16(14)12-8-9-12)15-7-3-5-11-4-1-2-6-13(11)15/h1-7,10,12H,8-9H2,(H,20,21). The van der Waals surface area contributed by atoms with E-state index in [2.05, 4.69) is 17.2 Å². The molecule has 4 rings (SSSR count). The molecule has 0 unspecified atom stereocenters. The van der Waals surface area contributed by atoms with Crippen LogP contribution in [0.1, 0.15) is 34.8 Å². The van der Waals surface area contributed by atoms with Gasteiger partial charge in [-0.2, -0.15) is 5.10 Å². The number of rotatable bonds is 3. The lowest BCUT2D eigenvalue weighted by molar-refractivity contribution is 0.0695. The molecule has 1 saturated carbocycles. The molecular formula is C17H14N2O2. The fourth-order valence-corrected chi connectivity index (χ4v) is 2.86. The molecule has 1 fully saturated rings. The number of aromatic carboxylic acids is 1. The Morgan fingerprint density at radius 3 is 2.67 bits per heavy atom. The maximum atomic E-state index is 11.4. The van der Waals surface area contributed by atoms with E-state index in [4.69, 9.17) is 0 Å². The predicted molar refractivity (Wildman–Crippen MR) is 80.0 cm³/mol. The van der Waals surface area contributed by atoms with Gasteiger partial charge in [-0.1, -0.05) is 36.4 Å². The Balaban J connectivity index is 1.99. The maximum Gasteiger partial charge on any atom is 0.339 e. The second kappa shape index (κ2) is 4.45. The lowest BCUT2D eigenvalue weighted by atomic mass is 10.1. The summed E-state index contributed by atoms with van der Waals surface area (Å²) in [5.41, 5.74) is 2.10. The molecule has 0 atom stereocenters. The van der Waals surface area contributed by atoms with Crippen LogP contribution in [-0.4, -0.2) is 20.9 Å². The molecule has 4 nitrogen and oxygen atoms in total. The molecule has 0 amide bonds. The third-order valence-corrected chi connectivity index (χ3v) is 4.00. The number of hydrogen-bond acceptors (Lipinski definition) is 2. The van der Waals surface area contributed by atoms with Crippen LogP contribution in [0.25, 0.3) is 16.5 Å². The molecule has 21 heavy (non-hydrogen) atoms. The minimum absolute atomic E-state index is 0.317. The monoisotopic (exact) mass is 278 g/mol. The first kappa shape index (κ1) is 12.1. The molecule has 4 heteroatoms. The van der Waals surface area contributed by atoms with Crippen LogP contribution >= 0.6 is 0 Å². The van der Waals surface area contributed by atoms with E-state index in [1.807, 2.05) is 35.0 Å². The van der Waals surface area contributed by atoms with Crippen molar-refractivity contribution in [1.29, 1.82) is 0 Å². The Hall–Kier alpha value is -2.62. The zero-order valence-corrected chi connectivity index (χ0v) is 11.4. The van der Waals surface area contributed by atoms with Gasteiger partial charge in [0.15, 0.2) is 0 Å². The first-order valence-corrected chi connectivity index (χ1v) is 7.05. The van der Waals surface area contributed by atoms with Crippen molar-refractivity contribution in [3.63, 3.8) is 0 Å². The Kier molecular flexibility index (Phi) is 2.57. The zero-order chi connectivity index (χ0) is 14.4. The summed E-state index contributed by atoms with van der Waals surface area (Å²) >= 11 is 0. The molecule has 0 bridgehead atoms. The summed E-state index contributed by atoms with van der Waals surface area (Å²) in [5, 5.41) is 15.9. The Morgan fingerprint density at radius 2 is 1.90 bits per heavy atom. The van der Waals surface area contributed by atoms with E-state index in [0.717, 1.165) is 35.0 Å². The lowest BCUT2D eigenvalue weighted by Gasteiger charge is -2.10. The fourth-order valence-electron chi connectivity index (χ4n) is 2.86. The molecule has 3 aromatic rings. The summed E-state index contributed by atoms with van der Waals surface area (Å²) in [4.78, 5) is 11.4. The van der Waals surface area contributed by atoms with Gasteiger partial charge in [0.2, 0.25) is 0 Å². The number of carboxylic acids is 1. The van der Waals surface area contributed by atoms with E-state index in [-0.39, 0.29) is 0 Å². The average molecular weight is 278 g/mol. The molecule has 104 valence electrons. The summed E-state index contributed by atoms with van der Waals surface area (Å²) in [6.07, 6.45) is 3.55. The van der Waals surface area contributed by atoms with Crippen molar-refractivity contribution >= 4 is 16.7 Å². The van der Waals surface area contributed by atoms with Gasteiger partial charge in [-0.15, -0.1) is 0 Å². The van der Waals surface area contributed by atoms with Crippen molar-refractivity contribution in [2.75, 3.05) is 0 Å². The van der Waals surface area contributed by atoms with Gasteiger partial charge in [-0.05, 0) is 24.3 Å². The highest BCUT2D eigenvalue weighted by atomic mass is 16.4. The molecule has 1 aliphatic carbocycles. The number of carboxylic acid groups (broad SMARTS) is 1. The van der Waals surface area contributed by atoms with Gasteiger partial charge >= 0.3 is 5.97 Å². The largest absolute Gasteiger partial charge is 0.478 e. The van der Waals surface area contributed by atoms with Crippen molar-refractivity contribution in [1.82, 2.24) is 9.78 Å². The highest BCUT2D eigenvalue weighted by molar-refractivity contribution is 5.92. The number of carbonyl (C=O) groups is 1. The molecular weight excluding hydrogens is 264 g/mol. The van der Waals surface area contributed by atoms with Crippen molar-refractivity contribution in [3.8, 4) is 5.69 Å². The molecule has 1 heterocycles. The van der Waals surface area contributed by atoms with Crippen molar-refractivity contribution in [3.05, 3.63) is 59.9 Å². The van der Waals surface area contributed by atoms with Crippen molar-refractivity contribution in [2.45, 2.75) is 18.8 Å². The van der Waals surface area contributed by atoms with Crippen LogP contribution in [0.15, 0.2) is 48.7 Å². The van der Waals surface area contributed by atoms with E-state index in [1.54, 1.807) is 0 Å². The highest BCUT2D eigenvalue weighted by Gasteiger charge is 2.33. The molecule has 0 spiro atoms. The smallest absolute Gasteiger partial charge is 0.339 e. The molecule has 1 aliphatic rings. The van der Waals surface area contributed by atoms with Crippen LogP contribution < -0.4 is 0 Å². The number of aromatic nitrogens is 2. The normalized spacial score (nSPS) is 14.5. The van der Waals surface area contributed by atoms with Crippen molar-refractivity contribution < 1.29 is 9.90 Å². The van der Waals surface area contributed by atoms with Gasteiger partial charge in [0.25, 0.3) is 0 Å². The highest BCUT2D eigenvalue weighted by Crippen LogP contribution is 2.43. The Bertz CT molecular complexity index is 842. The number of benzene rings is 2. The molecule has 2 aromatic carbocycles. The molecule has 1 N–H and O–H groups in total.